The molecule has 2 aromatic rings. The van der Waals surface area contributed by atoms with E-state index < -0.39 is 0 Å². The largest absolute Gasteiger partial charge is 0.356 e. The maximum Gasteiger partial charge on any atom is 0.251 e. The Labute approximate surface area is 197 Å². The van der Waals surface area contributed by atoms with Gasteiger partial charge in [0.15, 0.2) is 5.96 Å². The Balaban J connectivity index is 0.00000450. The summed E-state index contributed by atoms with van der Waals surface area (Å²) in [4.78, 5) is 18.4. The Morgan fingerprint density at radius 3 is 2.43 bits per heavy atom. The molecule has 0 aliphatic rings. The lowest BCUT2D eigenvalue weighted by Crippen LogP contribution is -2.39. The van der Waals surface area contributed by atoms with Crippen LogP contribution in [0.15, 0.2) is 59.6 Å². The third kappa shape index (κ3) is 8.71. The Kier molecular flexibility index (Phi) is 12.1. The predicted molar refractivity (Wildman–Crippen MR) is 135 cm³/mol. The molecular formula is C23H34IN5O. The number of nitrogens with one attached hydrogen (secondary N) is 3. The number of nitrogens with zero attached hydrogens (tertiary/aromatic N) is 2. The number of carbonyl (C=O) groups is 1. The van der Waals surface area contributed by atoms with Crippen molar-refractivity contribution in [3.8, 4) is 0 Å². The van der Waals surface area contributed by atoms with Gasteiger partial charge in [0.25, 0.3) is 5.91 Å². The lowest BCUT2D eigenvalue weighted by molar-refractivity contribution is 0.0963. The van der Waals surface area contributed by atoms with Gasteiger partial charge < -0.3 is 16.0 Å². The monoisotopic (exact) mass is 523 g/mol. The van der Waals surface area contributed by atoms with E-state index in [1.807, 2.05) is 30.3 Å². The number of hydrogen-bond acceptors (Lipinski definition) is 3. The molecule has 7 heteroatoms. The Hall–Kier alpha value is -2.13. The van der Waals surface area contributed by atoms with Crippen LogP contribution in [-0.2, 0) is 13.1 Å². The summed E-state index contributed by atoms with van der Waals surface area (Å²) in [5.74, 6) is 0.677. The second kappa shape index (κ2) is 14.0. The Morgan fingerprint density at radius 2 is 1.77 bits per heavy atom. The first kappa shape index (κ1) is 25.9. The van der Waals surface area contributed by atoms with Crippen LogP contribution in [0.4, 0.5) is 0 Å². The summed E-state index contributed by atoms with van der Waals surface area (Å²) in [6.07, 6.45) is 1.01. The molecule has 1 unspecified atom stereocenters. The van der Waals surface area contributed by atoms with Crippen LogP contribution in [0.2, 0.25) is 0 Å². The fourth-order valence-electron chi connectivity index (χ4n) is 3.02. The molecule has 2 aromatic carbocycles. The van der Waals surface area contributed by atoms with Crippen molar-refractivity contribution in [1.82, 2.24) is 20.9 Å². The normalized spacial score (nSPS) is 12.1. The molecule has 0 bridgehead atoms. The quantitative estimate of drug-likeness (QED) is 0.268. The minimum absolute atomic E-state index is 0. The number of aliphatic imine (C=N–C) groups is 1. The SMILES string of the molecule is CN=C(NCCC(C)N(C)Cc1ccccc1)NCc1cccc(C(=O)NC)c1.I. The first-order valence-corrected chi connectivity index (χ1v) is 10.0. The van der Waals surface area contributed by atoms with Crippen molar-refractivity contribution in [2.24, 2.45) is 4.99 Å². The zero-order valence-corrected chi connectivity index (χ0v) is 20.6. The predicted octanol–water partition coefficient (Wildman–Crippen LogP) is 3.24. The van der Waals surface area contributed by atoms with E-state index >= 15 is 0 Å². The van der Waals surface area contributed by atoms with E-state index in [1.54, 1.807) is 14.1 Å². The minimum Gasteiger partial charge on any atom is -0.356 e. The van der Waals surface area contributed by atoms with Crippen molar-refractivity contribution in [3.05, 3.63) is 71.3 Å². The summed E-state index contributed by atoms with van der Waals surface area (Å²) in [5, 5.41) is 9.32. The number of benzene rings is 2. The van der Waals surface area contributed by atoms with Crippen molar-refractivity contribution in [3.63, 3.8) is 0 Å². The zero-order chi connectivity index (χ0) is 21.1. The molecule has 1 amide bonds. The van der Waals surface area contributed by atoms with Crippen molar-refractivity contribution in [2.75, 3.05) is 27.7 Å². The van der Waals surface area contributed by atoms with Crippen LogP contribution < -0.4 is 16.0 Å². The molecular weight excluding hydrogens is 489 g/mol. The van der Waals surface area contributed by atoms with Gasteiger partial charge in [-0.15, -0.1) is 24.0 Å². The molecule has 0 aliphatic heterocycles. The smallest absolute Gasteiger partial charge is 0.251 e. The minimum atomic E-state index is -0.0806. The number of guanidine groups is 1. The molecule has 0 radical (unpaired) electrons. The van der Waals surface area contributed by atoms with Gasteiger partial charge in [-0.25, -0.2) is 0 Å². The molecule has 0 aromatic heterocycles. The van der Waals surface area contributed by atoms with Crippen LogP contribution in [0.1, 0.15) is 34.8 Å². The number of rotatable bonds is 9. The number of halogens is 1. The molecule has 1 atom stereocenters. The van der Waals surface area contributed by atoms with Crippen LogP contribution in [0, 0.1) is 0 Å². The topological polar surface area (TPSA) is 68.8 Å². The standard InChI is InChI=1S/C23H33N5O.HI/c1-18(28(4)17-19-9-6-5-7-10-19)13-14-26-23(25-3)27-16-20-11-8-12-21(15-20)22(29)24-2;/h5-12,15,18H,13-14,16-17H2,1-4H3,(H,24,29)(H2,25,26,27);1H. The lowest BCUT2D eigenvalue weighted by atomic mass is 10.1. The summed E-state index contributed by atoms with van der Waals surface area (Å²) in [5.41, 5.74) is 3.02. The summed E-state index contributed by atoms with van der Waals surface area (Å²) >= 11 is 0. The van der Waals surface area contributed by atoms with E-state index in [1.165, 1.54) is 5.56 Å². The highest BCUT2D eigenvalue weighted by Crippen LogP contribution is 2.08. The van der Waals surface area contributed by atoms with Gasteiger partial charge in [-0.2, -0.15) is 0 Å². The molecule has 0 aliphatic carbocycles. The van der Waals surface area contributed by atoms with E-state index in [9.17, 15) is 4.79 Å². The van der Waals surface area contributed by atoms with Crippen molar-refractivity contribution >= 4 is 35.8 Å². The molecule has 0 saturated heterocycles. The summed E-state index contributed by atoms with van der Waals surface area (Å²) < 4.78 is 0. The molecule has 0 heterocycles. The summed E-state index contributed by atoms with van der Waals surface area (Å²) in [6.45, 7) is 4.62. The molecule has 30 heavy (non-hydrogen) atoms. The van der Waals surface area contributed by atoms with Crippen molar-refractivity contribution < 1.29 is 4.79 Å². The van der Waals surface area contributed by atoms with Gasteiger partial charge in [-0.05, 0) is 43.7 Å². The van der Waals surface area contributed by atoms with Crippen LogP contribution in [0.5, 0.6) is 0 Å². The van der Waals surface area contributed by atoms with Gasteiger partial charge in [0.05, 0.1) is 0 Å². The molecule has 0 fully saturated rings. The Morgan fingerprint density at radius 1 is 1.07 bits per heavy atom. The van der Waals surface area contributed by atoms with Gasteiger partial charge >= 0.3 is 0 Å². The average molecular weight is 523 g/mol. The third-order valence-electron chi connectivity index (χ3n) is 4.98. The second-order valence-corrected chi connectivity index (χ2v) is 7.17. The molecule has 0 saturated carbocycles. The maximum absolute atomic E-state index is 11.8. The first-order valence-electron chi connectivity index (χ1n) is 10.0. The van der Waals surface area contributed by atoms with Gasteiger partial charge in [0.1, 0.15) is 0 Å². The number of carbonyl (C=O) groups excluding carboxylic acids is 1. The van der Waals surface area contributed by atoms with Crippen molar-refractivity contribution in [1.29, 1.82) is 0 Å². The van der Waals surface area contributed by atoms with E-state index in [0.717, 1.165) is 31.0 Å². The van der Waals surface area contributed by atoms with Crippen LogP contribution in [0.25, 0.3) is 0 Å². The van der Waals surface area contributed by atoms with E-state index in [0.29, 0.717) is 18.2 Å². The van der Waals surface area contributed by atoms with Gasteiger partial charge in [-0.3, -0.25) is 14.7 Å². The van der Waals surface area contributed by atoms with E-state index in [4.69, 9.17) is 0 Å². The molecule has 3 N–H and O–H groups in total. The molecule has 0 spiro atoms. The fourth-order valence-corrected chi connectivity index (χ4v) is 3.02. The molecule has 2 rings (SSSR count). The highest BCUT2D eigenvalue weighted by Gasteiger charge is 2.10. The summed E-state index contributed by atoms with van der Waals surface area (Å²) in [6, 6.07) is 18.6. The lowest BCUT2D eigenvalue weighted by Gasteiger charge is -2.25. The van der Waals surface area contributed by atoms with Crippen LogP contribution in [0.3, 0.4) is 0 Å². The fraction of sp³-hybridized carbons (Fsp3) is 0.391. The molecule has 164 valence electrons. The average Bonchev–Trinajstić information content (AvgIpc) is 2.76. The van der Waals surface area contributed by atoms with E-state index in [2.05, 4.69) is 64.1 Å². The van der Waals surface area contributed by atoms with E-state index in [-0.39, 0.29) is 29.9 Å². The Bertz CT molecular complexity index is 797. The number of amides is 1. The van der Waals surface area contributed by atoms with Crippen LogP contribution in [-0.4, -0.2) is 50.5 Å². The summed E-state index contributed by atoms with van der Waals surface area (Å²) in [7, 11) is 5.56. The second-order valence-electron chi connectivity index (χ2n) is 7.17. The first-order chi connectivity index (χ1) is 14.0. The maximum atomic E-state index is 11.8. The third-order valence-corrected chi connectivity index (χ3v) is 4.98. The van der Waals surface area contributed by atoms with Gasteiger partial charge in [0, 0.05) is 45.3 Å². The van der Waals surface area contributed by atoms with Crippen LogP contribution >= 0.6 is 24.0 Å². The number of hydrogen-bond donors (Lipinski definition) is 3. The van der Waals surface area contributed by atoms with Gasteiger partial charge in [-0.1, -0.05) is 42.5 Å². The van der Waals surface area contributed by atoms with Gasteiger partial charge in [0.2, 0.25) is 0 Å². The molecule has 6 nitrogen and oxygen atoms in total. The zero-order valence-electron chi connectivity index (χ0n) is 18.3. The highest BCUT2D eigenvalue weighted by atomic mass is 127. The highest BCUT2D eigenvalue weighted by molar-refractivity contribution is 14.0. The van der Waals surface area contributed by atoms with Crippen molar-refractivity contribution in [2.45, 2.75) is 32.5 Å².